The Balaban J connectivity index is 2.02. The standard InChI is InChI=1S/C13H16ClN3/c1-9-3-2-4-11(9)8-17-13-12(14)10(7-15)5-6-16-13/h5-6,9,11H,2-4,8H2,1H3,(H,16,17). The van der Waals surface area contributed by atoms with Crippen molar-refractivity contribution in [2.24, 2.45) is 11.8 Å². The van der Waals surface area contributed by atoms with E-state index < -0.39 is 0 Å². The van der Waals surface area contributed by atoms with Crippen molar-refractivity contribution < 1.29 is 0 Å². The van der Waals surface area contributed by atoms with Gasteiger partial charge in [-0.25, -0.2) is 4.98 Å². The number of pyridine rings is 1. The predicted molar refractivity (Wildman–Crippen MR) is 69.0 cm³/mol. The summed E-state index contributed by atoms with van der Waals surface area (Å²) in [4.78, 5) is 4.18. The van der Waals surface area contributed by atoms with Crippen LogP contribution in [0.5, 0.6) is 0 Å². The molecule has 0 amide bonds. The Morgan fingerprint density at radius 2 is 2.41 bits per heavy atom. The van der Waals surface area contributed by atoms with Crippen LogP contribution in [-0.2, 0) is 0 Å². The number of nitrogens with zero attached hydrogens (tertiary/aromatic N) is 2. The Bertz CT molecular complexity index is 439. The minimum Gasteiger partial charge on any atom is -0.369 e. The maximum absolute atomic E-state index is 8.87. The number of nitrogens with one attached hydrogen (secondary N) is 1. The molecule has 4 heteroatoms. The second-order valence-electron chi connectivity index (χ2n) is 4.68. The Morgan fingerprint density at radius 3 is 3.06 bits per heavy atom. The van der Waals surface area contributed by atoms with Crippen LogP contribution in [0.25, 0.3) is 0 Å². The van der Waals surface area contributed by atoms with Gasteiger partial charge in [-0.2, -0.15) is 5.26 Å². The molecule has 2 unspecified atom stereocenters. The minimum absolute atomic E-state index is 0.431. The average Bonchev–Trinajstić information content (AvgIpc) is 2.74. The zero-order valence-electron chi connectivity index (χ0n) is 9.91. The first-order valence-corrected chi connectivity index (χ1v) is 6.38. The van der Waals surface area contributed by atoms with E-state index in [1.165, 1.54) is 19.3 Å². The molecule has 0 aromatic carbocycles. The van der Waals surface area contributed by atoms with E-state index in [1.54, 1.807) is 12.3 Å². The molecule has 0 radical (unpaired) electrons. The molecule has 1 saturated carbocycles. The van der Waals surface area contributed by atoms with Crippen LogP contribution in [0.1, 0.15) is 31.7 Å². The summed E-state index contributed by atoms with van der Waals surface area (Å²) in [5.74, 6) is 2.09. The monoisotopic (exact) mass is 249 g/mol. The highest BCUT2D eigenvalue weighted by Gasteiger charge is 2.23. The summed E-state index contributed by atoms with van der Waals surface area (Å²) in [6.45, 7) is 3.18. The third-order valence-electron chi connectivity index (χ3n) is 3.58. The molecule has 1 fully saturated rings. The van der Waals surface area contributed by atoms with E-state index in [2.05, 4.69) is 23.3 Å². The molecule has 0 saturated heterocycles. The van der Waals surface area contributed by atoms with E-state index in [0.717, 1.165) is 12.5 Å². The van der Waals surface area contributed by atoms with Crippen molar-refractivity contribution in [3.05, 3.63) is 22.8 Å². The molecule has 90 valence electrons. The zero-order chi connectivity index (χ0) is 12.3. The Hall–Kier alpha value is -1.27. The topological polar surface area (TPSA) is 48.7 Å². The number of hydrogen-bond donors (Lipinski definition) is 1. The molecule has 1 heterocycles. The van der Waals surface area contributed by atoms with E-state index in [1.807, 2.05) is 0 Å². The Kier molecular flexibility index (Phi) is 3.86. The lowest BCUT2D eigenvalue weighted by Gasteiger charge is -2.16. The summed E-state index contributed by atoms with van der Waals surface area (Å²) in [7, 11) is 0. The van der Waals surface area contributed by atoms with Gasteiger partial charge in [0.1, 0.15) is 16.9 Å². The van der Waals surface area contributed by atoms with Crippen LogP contribution in [0, 0.1) is 23.2 Å². The summed E-state index contributed by atoms with van der Waals surface area (Å²) in [5, 5.41) is 12.6. The van der Waals surface area contributed by atoms with Gasteiger partial charge in [-0.3, -0.25) is 0 Å². The second-order valence-corrected chi connectivity index (χ2v) is 5.06. The highest BCUT2D eigenvalue weighted by molar-refractivity contribution is 6.34. The molecule has 17 heavy (non-hydrogen) atoms. The highest BCUT2D eigenvalue weighted by atomic mass is 35.5. The lowest BCUT2D eigenvalue weighted by Crippen LogP contribution is -2.17. The van der Waals surface area contributed by atoms with E-state index in [4.69, 9.17) is 16.9 Å². The minimum atomic E-state index is 0.431. The Labute approximate surface area is 107 Å². The van der Waals surface area contributed by atoms with Gasteiger partial charge in [0.05, 0.1) is 5.56 Å². The first-order valence-electron chi connectivity index (χ1n) is 6.01. The van der Waals surface area contributed by atoms with E-state index >= 15 is 0 Å². The lowest BCUT2D eigenvalue weighted by atomic mass is 9.98. The highest BCUT2D eigenvalue weighted by Crippen LogP contribution is 2.32. The average molecular weight is 250 g/mol. The van der Waals surface area contributed by atoms with Crippen molar-refractivity contribution >= 4 is 17.4 Å². The molecule has 2 rings (SSSR count). The van der Waals surface area contributed by atoms with Gasteiger partial charge in [-0.05, 0) is 24.3 Å². The van der Waals surface area contributed by atoms with Crippen molar-refractivity contribution in [1.29, 1.82) is 5.26 Å². The van der Waals surface area contributed by atoms with Crippen molar-refractivity contribution in [2.45, 2.75) is 26.2 Å². The van der Waals surface area contributed by atoms with Gasteiger partial charge in [0.25, 0.3) is 0 Å². The van der Waals surface area contributed by atoms with Crippen LogP contribution in [-0.4, -0.2) is 11.5 Å². The van der Waals surface area contributed by atoms with E-state index in [-0.39, 0.29) is 0 Å². The van der Waals surface area contributed by atoms with Crippen LogP contribution >= 0.6 is 11.6 Å². The predicted octanol–water partition coefficient (Wildman–Crippen LogP) is 3.45. The van der Waals surface area contributed by atoms with Crippen LogP contribution in [0.3, 0.4) is 0 Å². The fraction of sp³-hybridized carbons (Fsp3) is 0.538. The summed E-state index contributed by atoms with van der Waals surface area (Å²) in [6.07, 6.45) is 5.51. The second kappa shape index (κ2) is 5.37. The SMILES string of the molecule is CC1CCCC1CNc1nccc(C#N)c1Cl. The Morgan fingerprint density at radius 1 is 1.59 bits per heavy atom. The number of nitriles is 1. The maximum Gasteiger partial charge on any atom is 0.146 e. The van der Waals surface area contributed by atoms with Crippen LogP contribution < -0.4 is 5.32 Å². The number of hydrogen-bond acceptors (Lipinski definition) is 3. The molecule has 1 aliphatic carbocycles. The molecular formula is C13H16ClN3. The molecule has 1 aliphatic rings. The first-order chi connectivity index (χ1) is 8.22. The molecule has 0 aliphatic heterocycles. The maximum atomic E-state index is 8.87. The van der Waals surface area contributed by atoms with Gasteiger partial charge < -0.3 is 5.32 Å². The van der Waals surface area contributed by atoms with Crippen molar-refractivity contribution in [2.75, 3.05) is 11.9 Å². The van der Waals surface area contributed by atoms with Gasteiger partial charge in [-0.15, -0.1) is 0 Å². The normalized spacial score (nSPS) is 23.4. The third kappa shape index (κ3) is 2.70. The quantitative estimate of drug-likeness (QED) is 0.893. The zero-order valence-corrected chi connectivity index (χ0v) is 10.7. The molecule has 1 aromatic heterocycles. The van der Waals surface area contributed by atoms with Gasteiger partial charge in [0, 0.05) is 12.7 Å². The van der Waals surface area contributed by atoms with Crippen LogP contribution in [0.2, 0.25) is 5.02 Å². The van der Waals surface area contributed by atoms with Crippen LogP contribution in [0.15, 0.2) is 12.3 Å². The van der Waals surface area contributed by atoms with E-state index in [9.17, 15) is 0 Å². The molecular weight excluding hydrogens is 234 g/mol. The van der Waals surface area contributed by atoms with Crippen molar-refractivity contribution in [3.63, 3.8) is 0 Å². The van der Waals surface area contributed by atoms with Gasteiger partial charge >= 0.3 is 0 Å². The number of aromatic nitrogens is 1. The molecule has 1 N–H and O–H groups in total. The molecule has 2 atom stereocenters. The molecule has 0 spiro atoms. The summed E-state index contributed by atoms with van der Waals surface area (Å²) in [6, 6.07) is 3.69. The first kappa shape index (κ1) is 12.2. The number of rotatable bonds is 3. The summed E-state index contributed by atoms with van der Waals surface area (Å²) in [5.41, 5.74) is 0.476. The van der Waals surface area contributed by atoms with Gasteiger partial charge in [0.15, 0.2) is 0 Å². The number of anilines is 1. The fourth-order valence-electron chi connectivity index (χ4n) is 2.41. The largest absolute Gasteiger partial charge is 0.369 e. The number of halogens is 1. The molecule has 3 nitrogen and oxygen atoms in total. The van der Waals surface area contributed by atoms with Crippen molar-refractivity contribution in [3.8, 4) is 6.07 Å². The van der Waals surface area contributed by atoms with Crippen molar-refractivity contribution in [1.82, 2.24) is 4.98 Å². The third-order valence-corrected chi connectivity index (χ3v) is 3.96. The van der Waals surface area contributed by atoms with E-state index in [0.29, 0.717) is 22.3 Å². The lowest BCUT2D eigenvalue weighted by molar-refractivity contribution is 0.439. The van der Waals surface area contributed by atoms with Crippen LogP contribution in [0.4, 0.5) is 5.82 Å². The molecule has 1 aromatic rings. The smallest absolute Gasteiger partial charge is 0.146 e. The summed E-state index contributed by atoms with van der Waals surface area (Å²) < 4.78 is 0. The fourth-order valence-corrected chi connectivity index (χ4v) is 2.63. The van der Waals surface area contributed by atoms with Gasteiger partial charge in [0.2, 0.25) is 0 Å². The molecule has 0 bridgehead atoms. The summed E-state index contributed by atoms with van der Waals surface area (Å²) >= 11 is 6.08. The van der Waals surface area contributed by atoms with Gasteiger partial charge in [-0.1, -0.05) is 31.4 Å².